The third-order valence-corrected chi connectivity index (χ3v) is 7.06. The number of hydrogen-bond donors (Lipinski definition) is 1. The van der Waals surface area contributed by atoms with Gasteiger partial charge in [0.15, 0.2) is 0 Å². The Morgan fingerprint density at radius 1 is 1.08 bits per heavy atom. The van der Waals surface area contributed by atoms with Crippen LogP contribution in [0.25, 0.3) is 0 Å². The maximum atomic E-state index is 12.8. The summed E-state index contributed by atoms with van der Waals surface area (Å²) in [5, 5.41) is 2.82. The van der Waals surface area contributed by atoms with E-state index in [2.05, 4.69) is 21.2 Å². The van der Waals surface area contributed by atoms with E-state index in [9.17, 15) is 13.2 Å². The van der Waals surface area contributed by atoms with Crippen molar-refractivity contribution in [1.82, 2.24) is 9.62 Å². The Morgan fingerprint density at radius 3 is 2.44 bits per heavy atom. The Bertz CT molecular complexity index is 863. The lowest BCUT2D eigenvalue weighted by molar-refractivity contribution is 0.0950. The minimum atomic E-state index is -3.59. The molecule has 0 aliphatic carbocycles. The van der Waals surface area contributed by atoms with Crippen LogP contribution >= 0.6 is 15.9 Å². The van der Waals surface area contributed by atoms with Gasteiger partial charge >= 0.3 is 0 Å². The summed E-state index contributed by atoms with van der Waals surface area (Å²) in [5.74, 6) is -0.297. The largest absolute Gasteiger partial charge is 0.348 e. The van der Waals surface area contributed by atoms with Gasteiger partial charge in [-0.3, -0.25) is 4.79 Å². The molecule has 0 unspecified atom stereocenters. The normalized spacial score (nSPS) is 15.2. The topological polar surface area (TPSA) is 66.5 Å². The standard InChI is InChI=1S/C18H19BrN2O3S/c19-16-9-8-15(18(22)20-13-14-6-2-1-3-7-14)12-17(16)25(23,24)21-10-4-5-11-21/h1-3,6-9,12H,4-5,10-11,13H2,(H,20,22). The zero-order chi connectivity index (χ0) is 17.9. The maximum Gasteiger partial charge on any atom is 0.251 e. The number of sulfonamides is 1. The molecule has 0 aromatic heterocycles. The van der Waals surface area contributed by atoms with Crippen molar-refractivity contribution in [2.45, 2.75) is 24.3 Å². The zero-order valence-corrected chi connectivity index (χ0v) is 16.0. The van der Waals surface area contributed by atoms with Crippen LogP contribution < -0.4 is 5.32 Å². The van der Waals surface area contributed by atoms with Gasteiger partial charge in [-0.25, -0.2) is 8.42 Å². The minimum absolute atomic E-state index is 0.141. The second kappa shape index (κ2) is 7.68. The average Bonchev–Trinajstić information content (AvgIpc) is 3.16. The number of halogens is 1. The molecule has 1 N–H and O–H groups in total. The molecule has 1 saturated heterocycles. The summed E-state index contributed by atoms with van der Waals surface area (Å²) in [5.41, 5.74) is 1.31. The van der Waals surface area contributed by atoms with Crippen molar-refractivity contribution in [3.05, 3.63) is 64.1 Å². The van der Waals surface area contributed by atoms with E-state index in [1.165, 1.54) is 10.4 Å². The quantitative estimate of drug-likeness (QED) is 0.804. The Balaban J connectivity index is 1.80. The molecule has 2 aromatic rings. The minimum Gasteiger partial charge on any atom is -0.348 e. The first-order valence-electron chi connectivity index (χ1n) is 8.10. The van der Waals surface area contributed by atoms with Crippen molar-refractivity contribution in [3.63, 3.8) is 0 Å². The predicted octanol–water partition coefficient (Wildman–Crippen LogP) is 3.16. The molecule has 1 aliphatic heterocycles. The molecule has 1 fully saturated rings. The lowest BCUT2D eigenvalue weighted by atomic mass is 10.2. The van der Waals surface area contributed by atoms with Crippen LogP contribution in [-0.4, -0.2) is 31.7 Å². The van der Waals surface area contributed by atoms with Gasteiger partial charge < -0.3 is 5.32 Å². The van der Waals surface area contributed by atoms with Gasteiger partial charge in [-0.1, -0.05) is 30.3 Å². The molecule has 0 radical (unpaired) electrons. The van der Waals surface area contributed by atoms with Gasteiger partial charge in [0.1, 0.15) is 0 Å². The second-order valence-corrected chi connectivity index (χ2v) is 8.69. The van der Waals surface area contributed by atoms with Crippen LogP contribution in [0.3, 0.4) is 0 Å². The number of rotatable bonds is 5. The summed E-state index contributed by atoms with van der Waals surface area (Å²) in [7, 11) is -3.59. The smallest absolute Gasteiger partial charge is 0.251 e. The van der Waals surface area contributed by atoms with E-state index in [-0.39, 0.29) is 10.8 Å². The number of hydrogen-bond acceptors (Lipinski definition) is 3. The third kappa shape index (κ3) is 4.11. The number of nitrogens with one attached hydrogen (secondary N) is 1. The summed E-state index contributed by atoms with van der Waals surface area (Å²) in [6.45, 7) is 1.45. The van der Waals surface area contributed by atoms with E-state index in [1.807, 2.05) is 30.3 Å². The van der Waals surface area contributed by atoms with Gasteiger partial charge in [0.05, 0.1) is 4.90 Å². The molecule has 0 saturated carbocycles. The summed E-state index contributed by atoms with van der Waals surface area (Å²) in [6.07, 6.45) is 1.74. The molecule has 5 nitrogen and oxygen atoms in total. The molecule has 25 heavy (non-hydrogen) atoms. The number of benzene rings is 2. The van der Waals surface area contributed by atoms with Gasteiger partial charge in [-0.15, -0.1) is 0 Å². The average molecular weight is 423 g/mol. The molecule has 1 heterocycles. The van der Waals surface area contributed by atoms with Crippen molar-refractivity contribution in [2.24, 2.45) is 0 Å². The molecular weight excluding hydrogens is 404 g/mol. The van der Waals surface area contributed by atoms with Crippen LogP contribution in [0, 0.1) is 0 Å². The highest BCUT2D eigenvalue weighted by atomic mass is 79.9. The molecule has 2 aromatic carbocycles. The van der Waals surface area contributed by atoms with Gasteiger partial charge in [-0.05, 0) is 52.5 Å². The molecule has 0 bridgehead atoms. The molecule has 7 heteroatoms. The van der Waals surface area contributed by atoms with E-state index in [4.69, 9.17) is 0 Å². The zero-order valence-electron chi connectivity index (χ0n) is 13.6. The van der Waals surface area contributed by atoms with E-state index in [1.54, 1.807) is 12.1 Å². The van der Waals surface area contributed by atoms with Gasteiger partial charge in [0.2, 0.25) is 10.0 Å². The van der Waals surface area contributed by atoms with Crippen molar-refractivity contribution in [3.8, 4) is 0 Å². The Kier molecular flexibility index (Phi) is 5.56. The van der Waals surface area contributed by atoms with Crippen molar-refractivity contribution >= 4 is 31.9 Å². The monoisotopic (exact) mass is 422 g/mol. The Morgan fingerprint density at radius 2 is 1.76 bits per heavy atom. The first-order chi connectivity index (χ1) is 12.0. The van der Waals surface area contributed by atoms with Gasteiger partial charge in [0.25, 0.3) is 5.91 Å². The fraction of sp³-hybridized carbons (Fsp3) is 0.278. The van der Waals surface area contributed by atoms with Crippen molar-refractivity contribution < 1.29 is 13.2 Å². The molecule has 132 valence electrons. The summed E-state index contributed by atoms with van der Waals surface area (Å²) in [4.78, 5) is 12.5. The molecule has 1 aliphatic rings. The van der Waals surface area contributed by atoms with Crippen molar-refractivity contribution in [1.29, 1.82) is 0 Å². The van der Waals surface area contributed by atoms with Crippen LogP contribution in [0.1, 0.15) is 28.8 Å². The summed E-state index contributed by atoms with van der Waals surface area (Å²) >= 11 is 3.30. The first kappa shape index (κ1) is 18.1. The molecule has 0 spiro atoms. The molecule has 3 rings (SSSR count). The number of nitrogens with zero attached hydrogens (tertiary/aromatic N) is 1. The second-order valence-electron chi connectivity index (χ2n) is 5.92. The maximum absolute atomic E-state index is 12.8. The third-order valence-electron chi connectivity index (χ3n) is 4.17. The van der Waals surface area contributed by atoms with Crippen LogP contribution in [-0.2, 0) is 16.6 Å². The first-order valence-corrected chi connectivity index (χ1v) is 10.3. The predicted molar refractivity (Wildman–Crippen MR) is 99.7 cm³/mol. The van der Waals surface area contributed by atoms with Gasteiger partial charge in [-0.2, -0.15) is 4.31 Å². The Hall–Kier alpha value is -1.70. The highest BCUT2D eigenvalue weighted by molar-refractivity contribution is 9.10. The highest BCUT2D eigenvalue weighted by Crippen LogP contribution is 2.28. The fourth-order valence-corrected chi connectivity index (χ4v) is 5.26. The van der Waals surface area contributed by atoms with Crippen LogP contribution in [0.5, 0.6) is 0 Å². The Labute approximate surface area is 156 Å². The van der Waals surface area contributed by atoms with Crippen LogP contribution in [0.2, 0.25) is 0 Å². The van der Waals surface area contributed by atoms with E-state index < -0.39 is 10.0 Å². The fourth-order valence-electron chi connectivity index (χ4n) is 2.79. The molecular formula is C18H19BrN2O3S. The highest BCUT2D eigenvalue weighted by Gasteiger charge is 2.29. The van der Waals surface area contributed by atoms with E-state index in [0.717, 1.165) is 18.4 Å². The number of carbonyl (C=O) groups excluding carboxylic acids is 1. The molecule has 1 amide bonds. The summed E-state index contributed by atoms with van der Waals surface area (Å²) < 4.78 is 27.5. The summed E-state index contributed by atoms with van der Waals surface area (Å²) in [6, 6.07) is 14.2. The lowest BCUT2D eigenvalue weighted by Crippen LogP contribution is -2.29. The number of carbonyl (C=O) groups is 1. The van der Waals surface area contributed by atoms with Crippen LogP contribution in [0.4, 0.5) is 0 Å². The van der Waals surface area contributed by atoms with E-state index >= 15 is 0 Å². The number of amides is 1. The van der Waals surface area contributed by atoms with E-state index in [0.29, 0.717) is 29.7 Å². The van der Waals surface area contributed by atoms with Crippen LogP contribution in [0.15, 0.2) is 57.9 Å². The van der Waals surface area contributed by atoms with Gasteiger partial charge in [0, 0.05) is 29.7 Å². The SMILES string of the molecule is O=C(NCc1ccccc1)c1ccc(Br)c(S(=O)(=O)N2CCCC2)c1. The lowest BCUT2D eigenvalue weighted by Gasteiger charge is -2.17. The van der Waals surface area contributed by atoms with Crippen molar-refractivity contribution in [2.75, 3.05) is 13.1 Å². The molecule has 0 atom stereocenters.